The first-order chi connectivity index (χ1) is 13.1. The topological polar surface area (TPSA) is 47.4 Å². The Balaban J connectivity index is 1.36. The summed E-state index contributed by atoms with van der Waals surface area (Å²) < 4.78 is 9.40. The molecule has 4 heterocycles. The summed E-state index contributed by atoms with van der Waals surface area (Å²) in [6.07, 6.45) is 6.65. The van der Waals surface area contributed by atoms with Crippen LogP contribution in [0.2, 0.25) is 0 Å². The Morgan fingerprint density at radius 3 is 2.59 bits per heavy atom. The Hall–Kier alpha value is -1.70. The first kappa shape index (κ1) is 17.4. The van der Waals surface area contributed by atoms with E-state index in [1.807, 2.05) is 30.3 Å². The lowest BCUT2D eigenvalue weighted by Gasteiger charge is -2.36. The second-order valence-electron chi connectivity index (χ2n) is 7.44. The first-order valence-corrected chi connectivity index (χ1v) is 10.8. The molecule has 0 saturated carbocycles. The zero-order valence-electron chi connectivity index (χ0n) is 15.0. The number of piperidine rings is 1. The van der Waals surface area contributed by atoms with Gasteiger partial charge in [0.1, 0.15) is 22.9 Å². The molecule has 0 amide bonds. The molecule has 0 aliphatic carbocycles. The normalized spacial score (nSPS) is 25.2. The van der Waals surface area contributed by atoms with E-state index >= 15 is 0 Å². The van der Waals surface area contributed by atoms with Crippen molar-refractivity contribution in [1.29, 1.82) is 0 Å². The van der Waals surface area contributed by atoms with Crippen LogP contribution in [0.3, 0.4) is 0 Å². The Morgan fingerprint density at radius 2 is 1.89 bits per heavy atom. The zero-order valence-corrected chi connectivity index (χ0v) is 17.4. The van der Waals surface area contributed by atoms with Crippen molar-refractivity contribution in [2.24, 2.45) is 0 Å². The van der Waals surface area contributed by atoms with Crippen LogP contribution in [0.4, 0.5) is 0 Å². The fourth-order valence-electron chi connectivity index (χ4n) is 4.40. The summed E-state index contributed by atoms with van der Waals surface area (Å²) in [5, 5.41) is 0. The minimum Gasteiger partial charge on any atom is -0.490 e. The Labute approximate surface area is 169 Å². The molecule has 2 aliphatic rings. The van der Waals surface area contributed by atoms with Gasteiger partial charge in [-0.3, -0.25) is 9.36 Å². The zero-order chi connectivity index (χ0) is 18.5. The smallest absolute Gasteiger partial charge is 0.275 e. The van der Waals surface area contributed by atoms with Crippen molar-refractivity contribution in [3.05, 3.63) is 50.8 Å². The number of benzene rings is 1. The Morgan fingerprint density at radius 1 is 1.19 bits per heavy atom. The molecule has 5 nitrogen and oxygen atoms in total. The van der Waals surface area contributed by atoms with Crippen molar-refractivity contribution in [2.75, 3.05) is 7.05 Å². The van der Waals surface area contributed by atoms with E-state index in [-0.39, 0.29) is 11.7 Å². The molecule has 2 bridgehead atoms. The molecule has 140 valence electrons. The van der Waals surface area contributed by atoms with Crippen LogP contribution in [0.25, 0.3) is 15.9 Å². The maximum absolute atomic E-state index is 12.7. The van der Waals surface area contributed by atoms with Crippen LogP contribution in [0.5, 0.6) is 5.75 Å². The van der Waals surface area contributed by atoms with Crippen LogP contribution in [-0.4, -0.2) is 39.7 Å². The van der Waals surface area contributed by atoms with Gasteiger partial charge >= 0.3 is 0 Å². The lowest BCUT2D eigenvalue weighted by molar-refractivity contribution is 0.0662. The summed E-state index contributed by atoms with van der Waals surface area (Å²) >= 11 is 4.84. The highest BCUT2D eigenvalue weighted by Crippen LogP contribution is 2.36. The summed E-state index contributed by atoms with van der Waals surface area (Å²) in [6, 6.07) is 11.0. The fraction of sp³-hybridized carbons (Fsp3) is 0.400. The van der Waals surface area contributed by atoms with E-state index in [2.05, 4.69) is 32.9 Å². The average molecular weight is 446 g/mol. The Bertz CT molecular complexity index is 1030. The highest BCUT2D eigenvalue weighted by Gasteiger charge is 2.39. The molecule has 7 heteroatoms. The van der Waals surface area contributed by atoms with E-state index in [9.17, 15) is 4.79 Å². The largest absolute Gasteiger partial charge is 0.490 e. The predicted octanol–water partition coefficient (Wildman–Crippen LogP) is 4.21. The van der Waals surface area contributed by atoms with Gasteiger partial charge in [0.15, 0.2) is 0 Å². The van der Waals surface area contributed by atoms with Crippen molar-refractivity contribution in [2.45, 2.75) is 43.9 Å². The molecule has 5 rings (SSSR count). The van der Waals surface area contributed by atoms with Gasteiger partial charge in [0.05, 0.1) is 15.0 Å². The molecule has 3 aromatic rings. The maximum Gasteiger partial charge on any atom is 0.275 e. The molecule has 3 atom stereocenters. The van der Waals surface area contributed by atoms with Crippen molar-refractivity contribution >= 4 is 37.5 Å². The van der Waals surface area contributed by atoms with E-state index in [1.165, 1.54) is 24.2 Å². The van der Waals surface area contributed by atoms with Gasteiger partial charge in [-0.15, -0.1) is 11.3 Å². The van der Waals surface area contributed by atoms with Crippen molar-refractivity contribution < 1.29 is 4.74 Å². The van der Waals surface area contributed by atoms with Crippen LogP contribution < -0.4 is 10.3 Å². The SMILES string of the molecule is CN1[C@@H]2CC[C@H]1C[C@@H](Oc1ccc(-n3cnc4cc(Br)sc4c3=O)cc1)C2. The molecule has 2 saturated heterocycles. The molecular weight excluding hydrogens is 426 g/mol. The minimum atomic E-state index is -0.0451. The number of rotatable bonds is 3. The van der Waals surface area contributed by atoms with E-state index < -0.39 is 0 Å². The van der Waals surface area contributed by atoms with Gasteiger partial charge in [-0.25, -0.2) is 4.98 Å². The van der Waals surface area contributed by atoms with Gasteiger partial charge in [-0.1, -0.05) is 0 Å². The lowest BCUT2D eigenvalue weighted by atomic mass is 10.0. The molecule has 0 spiro atoms. The third-order valence-electron chi connectivity index (χ3n) is 5.88. The van der Waals surface area contributed by atoms with Crippen molar-refractivity contribution in [3.63, 3.8) is 0 Å². The Kier molecular flexibility index (Phi) is 4.33. The number of thiophene rings is 1. The molecule has 1 aromatic carbocycles. The summed E-state index contributed by atoms with van der Waals surface area (Å²) in [6.45, 7) is 0. The van der Waals surface area contributed by atoms with Gasteiger partial charge < -0.3 is 9.64 Å². The highest BCUT2D eigenvalue weighted by molar-refractivity contribution is 9.11. The fourth-order valence-corrected chi connectivity index (χ4v) is 5.87. The van der Waals surface area contributed by atoms with E-state index in [0.717, 1.165) is 33.6 Å². The van der Waals surface area contributed by atoms with Gasteiger partial charge in [0.25, 0.3) is 5.56 Å². The number of aromatic nitrogens is 2. The third kappa shape index (κ3) is 3.11. The number of halogens is 1. The molecule has 2 aromatic heterocycles. The van der Waals surface area contributed by atoms with Crippen molar-refractivity contribution in [1.82, 2.24) is 14.5 Å². The molecule has 2 aliphatic heterocycles. The number of ether oxygens (including phenoxy) is 1. The van der Waals surface area contributed by atoms with Crippen LogP contribution in [0, 0.1) is 0 Å². The summed E-state index contributed by atoms with van der Waals surface area (Å²) in [5.41, 5.74) is 1.48. The van der Waals surface area contributed by atoms with E-state index in [0.29, 0.717) is 16.8 Å². The van der Waals surface area contributed by atoms with Gasteiger partial charge in [-0.2, -0.15) is 0 Å². The van der Waals surface area contributed by atoms with Crippen LogP contribution >= 0.6 is 27.3 Å². The molecule has 0 radical (unpaired) electrons. The van der Waals surface area contributed by atoms with Gasteiger partial charge in [0, 0.05) is 12.1 Å². The second-order valence-corrected chi connectivity index (χ2v) is 9.87. The van der Waals surface area contributed by atoms with Gasteiger partial charge in [-0.05, 0) is 79.0 Å². The molecule has 27 heavy (non-hydrogen) atoms. The molecule has 0 unspecified atom stereocenters. The first-order valence-electron chi connectivity index (χ1n) is 9.24. The average Bonchev–Trinajstić information content (AvgIpc) is 3.12. The predicted molar refractivity (Wildman–Crippen MR) is 111 cm³/mol. The summed E-state index contributed by atoms with van der Waals surface area (Å²) in [7, 11) is 2.24. The van der Waals surface area contributed by atoms with Crippen LogP contribution in [0.1, 0.15) is 25.7 Å². The number of fused-ring (bicyclic) bond motifs is 3. The minimum absolute atomic E-state index is 0.0451. The number of nitrogens with zero attached hydrogens (tertiary/aromatic N) is 3. The van der Waals surface area contributed by atoms with E-state index in [4.69, 9.17) is 4.74 Å². The van der Waals surface area contributed by atoms with E-state index in [1.54, 1.807) is 10.9 Å². The molecule has 0 N–H and O–H groups in total. The number of hydrogen-bond donors (Lipinski definition) is 0. The standard InChI is InChI=1S/C20H20BrN3O2S/c1-23-13-2-3-14(23)9-16(8-13)26-15-6-4-12(5-7-15)24-11-22-17-10-18(21)27-19(17)20(24)25/h4-7,10-11,13-14,16H,2-3,8-9H2,1H3/t13-,14+,16+. The third-order valence-corrected chi connectivity index (χ3v) is 7.50. The number of hydrogen-bond acceptors (Lipinski definition) is 5. The van der Waals surface area contributed by atoms with Crippen LogP contribution in [0.15, 0.2) is 45.2 Å². The molecular formula is C20H20BrN3O2S. The lowest BCUT2D eigenvalue weighted by Crippen LogP contribution is -2.43. The highest BCUT2D eigenvalue weighted by atomic mass is 79.9. The van der Waals surface area contributed by atoms with Gasteiger partial charge in [0.2, 0.25) is 0 Å². The molecule has 2 fully saturated rings. The second kappa shape index (κ2) is 6.72. The quantitative estimate of drug-likeness (QED) is 0.605. The summed E-state index contributed by atoms with van der Waals surface area (Å²) in [5.74, 6) is 0.869. The van der Waals surface area contributed by atoms with Crippen LogP contribution in [-0.2, 0) is 0 Å². The maximum atomic E-state index is 12.7. The monoisotopic (exact) mass is 445 g/mol. The summed E-state index contributed by atoms with van der Waals surface area (Å²) in [4.78, 5) is 19.6. The van der Waals surface area contributed by atoms with Crippen molar-refractivity contribution in [3.8, 4) is 11.4 Å².